The number of hydrogen-bond acceptors (Lipinski definition) is 6. The van der Waals surface area contributed by atoms with Gasteiger partial charge in [0.05, 0.1) is 12.5 Å². The van der Waals surface area contributed by atoms with Crippen LogP contribution in [-0.2, 0) is 19.6 Å². The summed E-state index contributed by atoms with van der Waals surface area (Å²) in [5.74, 6) is -0.372. The van der Waals surface area contributed by atoms with Crippen LogP contribution in [0.15, 0.2) is 21.7 Å². The second-order valence-corrected chi connectivity index (χ2v) is 8.50. The Bertz CT molecular complexity index is 678. The van der Waals surface area contributed by atoms with E-state index in [9.17, 15) is 18.0 Å². The van der Waals surface area contributed by atoms with Crippen molar-refractivity contribution in [1.82, 2.24) is 14.1 Å². The number of amides is 2. The number of hydrogen-bond donors (Lipinski definition) is 0. The summed E-state index contributed by atoms with van der Waals surface area (Å²) in [5.41, 5.74) is 0. The van der Waals surface area contributed by atoms with E-state index in [1.807, 2.05) is 4.90 Å². The number of nitrogens with zero attached hydrogens (tertiary/aromatic N) is 3. The molecule has 2 saturated heterocycles. The fourth-order valence-electron chi connectivity index (χ4n) is 2.81. The van der Waals surface area contributed by atoms with E-state index < -0.39 is 16.1 Å². The minimum Gasteiger partial charge on any atom is -0.289 e. The Labute approximate surface area is 133 Å². The van der Waals surface area contributed by atoms with Gasteiger partial charge in [-0.05, 0) is 11.4 Å². The lowest BCUT2D eigenvalue weighted by molar-refractivity contribution is -0.138. The zero-order valence-corrected chi connectivity index (χ0v) is 13.8. The van der Waals surface area contributed by atoms with Crippen LogP contribution >= 0.6 is 11.3 Å². The standard InChI is InChI=1S/C13H17N3O4S2/c1-14-11(17)9-10(13(14)18)15-4-6-16(7-5-15)22(19,20)12-3-2-8-21-12/h2-3,8,10H,4-7,9H2,1H3. The van der Waals surface area contributed by atoms with Crippen molar-refractivity contribution in [2.24, 2.45) is 0 Å². The molecule has 1 atom stereocenters. The van der Waals surface area contributed by atoms with E-state index in [0.717, 1.165) is 4.90 Å². The molecule has 2 aliphatic heterocycles. The molecule has 0 N–H and O–H groups in total. The zero-order valence-electron chi connectivity index (χ0n) is 12.1. The quantitative estimate of drug-likeness (QED) is 0.711. The highest BCUT2D eigenvalue weighted by Gasteiger charge is 2.41. The summed E-state index contributed by atoms with van der Waals surface area (Å²) < 4.78 is 26.7. The highest BCUT2D eigenvalue weighted by atomic mass is 32.2. The van der Waals surface area contributed by atoms with Gasteiger partial charge in [-0.3, -0.25) is 19.4 Å². The van der Waals surface area contributed by atoms with Crippen molar-refractivity contribution in [3.05, 3.63) is 17.5 Å². The summed E-state index contributed by atoms with van der Waals surface area (Å²) in [6.07, 6.45) is 0.188. The maximum atomic E-state index is 12.4. The Morgan fingerprint density at radius 3 is 2.36 bits per heavy atom. The normalized spacial score (nSPS) is 25.1. The van der Waals surface area contributed by atoms with Crippen LogP contribution < -0.4 is 0 Å². The van der Waals surface area contributed by atoms with Gasteiger partial charge in [0.2, 0.25) is 11.8 Å². The molecule has 0 aliphatic carbocycles. The minimum atomic E-state index is -3.44. The smallest absolute Gasteiger partial charge is 0.252 e. The molecule has 22 heavy (non-hydrogen) atoms. The van der Waals surface area contributed by atoms with Crippen LogP contribution in [0.25, 0.3) is 0 Å². The number of rotatable bonds is 3. The van der Waals surface area contributed by atoms with Gasteiger partial charge in [-0.1, -0.05) is 6.07 Å². The zero-order chi connectivity index (χ0) is 15.9. The van der Waals surface area contributed by atoms with E-state index in [2.05, 4.69) is 0 Å². The highest BCUT2D eigenvalue weighted by molar-refractivity contribution is 7.91. The molecular formula is C13H17N3O4S2. The Morgan fingerprint density at radius 2 is 1.86 bits per heavy atom. The Hall–Kier alpha value is -1.29. The second-order valence-electron chi connectivity index (χ2n) is 5.38. The maximum absolute atomic E-state index is 12.4. The van der Waals surface area contributed by atoms with Crippen LogP contribution in [0.2, 0.25) is 0 Å². The van der Waals surface area contributed by atoms with Crippen molar-refractivity contribution in [3.63, 3.8) is 0 Å². The van der Waals surface area contributed by atoms with Crippen LogP contribution in [-0.4, -0.2) is 73.6 Å². The third kappa shape index (κ3) is 2.58. The molecule has 1 aromatic heterocycles. The summed E-state index contributed by atoms with van der Waals surface area (Å²) in [6, 6.07) is 2.87. The molecular weight excluding hydrogens is 326 g/mol. The molecule has 0 bridgehead atoms. The number of thiophene rings is 1. The number of sulfonamides is 1. The third-order valence-corrected chi connectivity index (χ3v) is 7.43. The van der Waals surface area contributed by atoms with Gasteiger partial charge in [0, 0.05) is 33.2 Å². The Kier molecular flexibility index (Phi) is 4.06. The van der Waals surface area contributed by atoms with Crippen molar-refractivity contribution >= 4 is 33.2 Å². The number of likely N-dealkylation sites (tertiary alicyclic amines) is 1. The van der Waals surface area contributed by atoms with Crippen LogP contribution in [0, 0.1) is 0 Å². The van der Waals surface area contributed by atoms with Gasteiger partial charge in [0.15, 0.2) is 0 Å². The molecule has 1 unspecified atom stereocenters. The van der Waals surface area contributed by atoms with Crippen molar-refractivity contribution in [2.45, 2.75) is 16.7 Å². The Morgan fingerprint density at radius 1 is 1.18 bits per heavy atom. The molecule has 0 aromatic carbocycles. The maximum Gasteiger partial charge on any atom is 0.252 e. The van der Waals surface area contributed by atoms with E-state index in [1.165, 1.54) is 22.7 Å². The van der Waals surface area contributed by atoms with E-state index in [1.54, 1.807) is 17.5 Å². The number of likely N-dealkylation sites (N-methyl/N-ethyl adjacent to an activating group) is 1. The highest BCUT2D eigenvalue weighted by Crippen LogP contribution is 2.24. The molecule has 2 amide bonds. The third-order valence-electron chi connectivity index (χ3n) is 4.16. The van der Waals surface area contributed by atoms with Crippen LogP contribution in [0.1, 0.15) is 6.42 Å². The van der Waals surface area contributed by atoms with Crippen molar-refractivity contribution in [3.8, 4) is 0 Å². The molecule has 2 aliphatic rings. The minimum absolute atomic E-state index is 0.177. The summed E-state index contributed by atoms with van der Waals surface area (Å²) >= 11 is 1.20. The largest absolute Gasteiger partial charge is 0.289 e. The van der Waals surface area contributed by atoms with Crippen molar-refractivity contribution < 1.29 is 18.0 Å². The first-order valence-corrected chi connectivity index (χ1v) is 9.31. The fraction of sp³-hybridized carbons (Fsp3) is 0.538. The molecule has 9 heteroatoms. The lowest BCUT2D eigenvalue weighted by atomic mass is 10.2. The number of piperazine rings is 1. The molecule has 1 aromatic rings. The average molecular weight is 343 g/mol. The van der Waals surface area contributed by atoms with Crippen molar-refractivity contribution in [2.75, 3.05) is 33.2 Å². The summed E-state index contributed by atoms with van der Waals surface area (Å²) in [5, 5.41) is 1.74. The van der Waals surface area contributed by atoms with Gasteiger partial charge in [-0.25, -0.2) is 8.42 Å². The number of imide groups is 1. The lowest BCUT2D eigenvalue weighted by Gasteiger charge is -2.35. The Balaban J connectivity index is 1.66. The van der Waals surface area contributed by atoms with E-state index in [0.29, 0.717) is 30.4 Å². The fourth-order valence-corrected chi connectivity index (χ4v) is 5.38. The van der Waals surface area contributed by atoms with Crippen LogP contribution in [0.4, 0.5) is 0 Å². The van der Waals surface area contributed by atoms with Gasteiger partial charge >= 0.3 is 0 Å². The second kappa shape index (κ2) is 5.73. The van der Waals surface area contributed by atoms with E-state index in [4.69, 9.17) is 0 Å². The van der Waals surface area contributed by atoms with E-state index >= 15 is 0 Å². The lowest BCUT2D eigenvalue weighted by Crippen LogP contribution is -2.53. The van der Waals surface area contributed by atoms with Gasteiger partial charge in [-0.15, -0.1) is 11.3 Å². The topological polar surface area (TPSA) is 78.0 Å². The predicted octanol–water partition coefficient (Wildman–Crippen LogP) is -0.188. The summed E-state index contributed by atoms with van der Waals surface area (Å²) in [7, 11) is -1.95. The molecule has 3 heterocycles. The molecule has 3 rings (SSSR count). The van der Waals surface area contributed by atoms with Gasteiger partial charge in [0.25, 0.3) is 10.0 Å². The summed E-state index contributed by atoms with van der Waals surface area (Å²) in [4.78, 5) is 26.7. The number of carbonyl (C=O) groups excluding carboxylic acids is 2. The number of carbonyl (C=O) groups is 2. The first kappa shape index (κ1) is 15.6. The SMILES string of the molecule is CN1C(=O)CC(N2CCN(S(=O)(=O)c3cccs3)CC2)C1=O. The molecule has 0 radical (unpaired) electrons. The van der Waals surface area contributed by atoms with E-state index in [-0.39, 0.29) is 18.2 Å². The molecule has 120 valence electrons. The molecule has 0 saturated carbocycles. The first-order chi connectivity index (χ1) is 10.4. The summed E-state index contributed by atoms with van der Waals surface area (Å²) in [6.45, 7) is 1.59. The molecule has 7 nitrogen and oxygen atoms in total. The molecule has 2 fully saturated rings. The van der Waals surface area contributed by atoms with Gasteiger partial charge in [0.1, 0.15) is 4.21 Å². The molecule has 0 spiro atoms. The monoisotopic (exact) mass is 343 g/mol. The predicted molar refractivity (Wildman–Crippen MR) is 80.8 cm³/mol. The van der Waals surface area contributed by atoms with Crippen molar-refractivity contribution in [1.29, 1.82) is 0 Å². The van der Waals surface area contributed by atoms with Crippen LogP contribution in [0.5, 0.6) is 0 Å². The van der Waals surface area contributed by atoms with Gasteiger partial charge < -0.3 is 0 Å². The first-order valence-electron chi connectivity index (χ1n) is 6.99. The van der Waals surface area contributed by atoms with Crippen LogP contribution in [0.3, 0.4) is 0 Å². The average Bonchev–Trinajstić information content (AvgIpc) is 3.13. The van der Waals surface area contributed by atoms with Gasteiger partial charge in [-0.2, -0.15) is 4.31 Å².